The molecule has 22 heavy (non-hydrogen) atoms. The van der Waals surface area contributed by atoms with E-state index in [4.69, 9.17) is 4.74 Å². The topological polar surface area (TPSA) is 75.7 Å². The van der Waals surface area contributed by atoms with Crippen LogP contribution in [0.2, 0.25) is 0 Å². The minimum atomic E-state index is 0.466. The van der Waals surface area contributed by atoms with Gasteiger partial charge in [0.2, 0.25) is 0 Å². The van der Waals surface area contributed by atoms with Crippen LogP contribution in [-0.2, 0) is 13.2 Å². The summed E-state index contributed by atoms with van der Waals surface area (Å²) in [6, 6.07) is 16.2. The molecular weight excluding hydrogens is 278 g/mol. The number of para-hydroxylation sites is 1. The average molecular weight is 295 g/mol. The molecule has 6 heteroatoms. The molecule has 0 atom stereocenters. The Morgan fingerprint density at radius 1 is 1.09 bits per heavy atom. The summed E-state index contributed by atoms with van der Waals surface area (Å²) in [5.41, 5.74) is 3.43. The van der Waals surface area contributed by atoms with Crippen LogP contribution in [0.25, 0.3) is 0 Å². The number of aromatic amines is 1. The van der Waals surface area contributed by atoms with Gasteiger partial charge in [0, 0.05) is 12.1 Å². The predicted molar refractivity (Wildman–Crippen MR) is 83.5 cm³/mol. The van der Waals surface area contributed by atoms with E-state index in [2.05, 4.69) is 57.1 Å². The van der Waals surface area contributed by atoms with Gasteiger partial charge in [-0.3, -0.25) is 0 Å². The number of benzene rings is 2. The van der Waals surface area contributed by atoms with Crippen molar-refractivity contribution in [2.24, 2.45) is 0 Å². The first kappa shape index (κ1) is 14.1. The van der Waals surface area contributed by atoms with Gasteiger partial charge in [-0.05, 0) is 23.8 Å². The van der Waals surface area contributed by atoms with E-state index in [-0.39, 0.29) is 0 Å². The van der Waals surface area contributed by atoms with Gasteiger partial charge in [0.15, 0.2) is 0 Å². The van der Waals surface area contributed by atoms with Crippen molar-refractivity contribution in [3.05, 3.63) is 65.2 Å². The number of hydrogen-bond donors (Lipinski definition) is 2. The fraction of sp³-hybridized carbons (Fsp3) is 0.188. The van der Waals surface area contributed by atoms with Gasteiger partial charge in [0.05, 0.1) is 0 Å². The molecule has 0 unspecified atom stereocenters. The highest BCUT2D eigenvalue weighted by Crippen LogP contribution is 2.20. The highest BCUT2D eigenvalue weighted by Gasteiger charge is 2.05. The number of aryl methyl sites for hydroxylation is 1. The smallest absolute Gasteiger partial charge is 0.263 e. The first-order chi connectivity index (χ1) is 10.8. The Morgan fingerprint density at radius 2 is 1.91 bits per heavy atom. The Morgan fingerprint density at radius 3 is 2.68 bits per heavy atom. The third-order valence-corrected chi connectivity index (χ3v) is 3.27. The number of aromatic nitrogens is 4. The first-order valence-electron chi connectivity index (χ1n) is 7.05. The van der Waals surface area contributed by atoms with E-state index in [0.717, 1.165) is 16.9 Å². The lowest BCUT2D eigenvalue weighted by Crippen LogP contribution is -2.04. The van der Waals surface area contributed by atoms with Gasteiger partial charge in [0.1, 0.15) is 12.4 Å². The molecule has 0 bridgehead atoms. The average Bonchev–Trinajstić information content (AvgIpc) is 3.07. The molecule has 0 aliphatic carbocycles. The van der Waals surface area contributed by atoms with Crippen molar-refractivity contribution in [3.8, 4) is 5.75 Å². The van der Waals surface area contributed by atoms with Crippen LogP contribution in [0.4, 0.5) is 5.95 Å². The second kappa shape index (κ2) is 6.71. The monoisotopic (exact) mass is 295 g/mol. The maximum absolute atomic E-state index is 5.93. The standard InChI is InChI=1S/C16H17N5O/c1-12-6-8-13(9-7-12)11-22-15-5-3-2-4-14(15)10-17-16-18-20-21-19-16/h2-9H,10-11H2,1H3,(H2,17,18,19,20,21). The van der Waals surface area contributed by atoms with Crippen LogP contribution in [0.5, 0.6) is 5.75 Å². The van der Waals surface area contributed by atoms with Crippen molar-refractivity contribution in [1.29, 1.82) is 0 Å². The Hall–Kier alpha value is -2.89. The highest BCUT2D eigenvalue weighted by molar-refractivity contribution is 5.36. The maximum atomic E-state index is 5.93. The van der Waals surface area contributed by atoms with Crippen LogP contribution >= 0.6 is 0 Å². The highest BCUT2D eigenvalue weighted by atomic mass is 16.5. The van der Waals surface area contributed by atoms with Crippen molar-refractivity contribution < 1.29 is 4.74 Å². The molecule has 0 fully saturated rings. The number of hydrogen-bond acceptors (Lipinski definition) is 5. The van der Waals surface area contributed by atoms with Gasteiger partial charge in [-0.15, -0.1) is 5.10 Å². The summed E-state index contributed by atoms with van der Waals surface area (Å²) in [5.74, 6) is 1.31. The molecule has 3 rings (SSSR count). The van der Waals surface area contributed by atoms with E-state index in [1.165, 1.54) is 5.56 Å². The maximum Gasteiger partial charge on any atom is 0.263 e. The molecule has 0 saturated carbocycles. The molecule has 2 N–H and O–H groups in total. The quantitative estimate of drug-likeness (QED) is 0.731. The normalized spacial score (nSPS) is 10.4. The number of rotatable bonds is 6. The molecule has 0 saturated heterocycles. The van der Waals surface area contributed by atoms with Crippen LogP contribution in [0.15, 0.2) is 48.5 Å². The predicted octanol–water partition coefficient (Wildman–Crippen LogP) is 2.70. The second-order valence-electron chi connectivity index (χ2n) is 4.97. The lowest BCUT2D eigenvalue weighted by molar-refractivity contribution is 0.303. The van der Waals surface area contributed by atoms with Crippen LogP contribution in [0.1, 0.15) is 16.7 Å². The zero-order chi connectivity index (χ0) is 15.2. The van der Waals surface area contributed by atoms with Gasteiger partial charge < -0.3 is 10.1 Å². The largest absolute Gasteiger partial charge is 0.489 e. The number of H-pyrrole nitrogens is 1. The van der Waals surface area contributed by atoms with E-state index in [1.54, 1.807) is 0 Å². The Labute approximate surface area is 128 Å². The Bertz CT molecular complexity index is 710. The zero-order valence-corrected chi connectivity index (χ0v) is 12.3. The summed E-state index contributed by atoms with van der Waals surface area (Å²) in [4.78, 5) is 0. The van der Waals surface area contributed by atoms with Crippen molar-refractivity contribution in [1.82, 2.24) is 20.6 Å². The summed E-state index contributed by atoms with van der Waals surface area (Å²) in [5, 5.41) is 16.7. The molecule has 0 radical (unpaired) electrons. The SMILES string of the molecule is Cc1ccc(COc2ccccc2CNc2nn[nH]n2)cc1. The Balaban J connectivity index is 1.64. The Kier molecular flexibility index (Phi) is 4.29. The molecule has 0 spiro atoms. The molecule has 2 aromatic carbocycles. The number of anilines is 1. The molecule has 3 aromatic rings. The fourth-order valence-electron chi connectivity index (χ4n) is 2.05. The first-order valence-corrected chi connectivity index (χ1v) is 7.05. The van der Waals surface area contributed by atoms with Crippen LogP contribution in [-0.4, -0.2) is 20.6 Å². The summed E-state index contributed by atoms with van der Waals surface area (Å²) in [6.45, 7) is 3.19. The van der Waals surface area contributed by atoms with E-state index in [9.17, 15) is 0 Å². The van der Waals surface area contributed by atoms with Gasteiger partial charge in [0.25, 0.3) is 5.95 Å². The van der Waals surface area contributed by atoms with E-state index < -0.39 is 0 Å². The minimum absolute atomic E-state index is 0.466. The van der Waals surface area contributed by atoms with E-state index >= 15 is 0 Å². The number of ether oxygens (including phenoxy) is 1. The molecular formula is C16H17N5O. The third kappa shape index (κ3) is 3.60. The van der Waals surface area contributed by atoms with Crippen LogP contribution < -0.4 is 10.1 Å². The van der Waals surface area contributed by atoms with Crippen molar-refractivity contribution >= 4 is 5.95 Å². The number of nitrogens with one attached hydrogen (secondary N) is 2. The lowest BCUT2D eigenvalue weighted by atomic mass is 10.1. The molecule has 6 nitrogen and oxygen atoms in total. The molecule has 1 aromatic heterocycles. The lowest BCUT2D eigenvalue weighted by Gasteiger charge is -2.11. The van der Waals surface area contributed by atoms with E-state index in [0.29, 0.717) is 19.1 Å². The molecule has 0 aliphatic rings. The molecule has 0 aliphatic heterocycles. The van der Waals surface area contributed by atoms with Crippen LogP contribution in [0.3, 0.4) is 0 Å². The number of tetrazole rings is 1. The van der Waals surface area contributed by atoms with Gasteiger partial charge in [-0.1, -0.05) is 53.1 Å². The summed E-state index contributed by atoms with van der Waals surface area (Å²) >= 11 is 0. The molecule has 112 valence electrons. The fourth-order valence-corrected chi connectivity index (χ4v) is 2.05. The van der Waals surface area contributed by atoms with Gasteiger partial charge in [-0.25, -0.2) is 0 Å². The molecule has 0 amide bonds. The van der Waals surface area contributed by atoms with Crippen molar-refractivity contribution in [2.45, 2.75) is 20.1 Å². The van der Waals surface area contributed by atoms with Crippen LogP contribution in [0, 0.1) is 6.92 Å². The second-order valence-corrected chi connectivity index (χ2v) is 4.97. The van der Waals surface area contributed by atoms with E-state index in [1.807, 2.05) is 24.3 Å². The molecule has 1 heterocycles. The zero-order valence-electron chi connectivity index (χ0n) is 12.3. The van der Waals surface area contributed by atoms with Crippen molar-refractivity contribution in [3.63, 3.8) is 0 Å². The summed E-state index contributed by atoms with van der Waals surface area (Å²) in [6.07, 6.45) is 0. The third-order valence-electron chi connectivity index (χ3n) is 3.27. The summed E-state index contributed by atoms with van der Waals surface area (Å²) in [7, 11) is 0. The van der Waals surface area contributed by atoms with Crippen molar-refractivity contribution in [2.75, 3.05) is 5.32 Å². The minimum Gasteiger partial charge on any atom is -0.489 e. The number of nitrogens with zero attached hydrogens (tertiary/aromatic N) is 3. The van der Waals surface area contributed by atoms with Gasteiger partial charge in [-0.2, -0.15) is 5.21 Å². The van der Waals surface area contributed by atoms with Gasteiger partial charge >= 0.3 is 0 Å². The summed E-state index contributed by atoms with van der Waals surface area (Å²) < 4.78 is 5.93.